The minimum Gasteiger partial charge on any atom is -0.372 e. The van der Waals surface area contributed by atoms with Crippen LogP contribution in [0.1, 0.15) is 24.2 Å². The van der Waals surface area contributed by atoms with Gasteiger partial charge in [0.1, 0.15) is 0 Å². The summed E-state index contributed by atoms with van der Waals surface area (Å²) in [4.78, 5) is 27.7. The summed E-state index contributed by atoms with van der Waals surface area (Å²) in [6.45, 7) is 5.67. The van der Waals surface area contributed by atoms with Crippen LogP contribution in [0.25, 0.3) is 0 Å². The van der Waals surface area contributed by atoms with E-state index in [0.717, 1.165) is 29.4 Å². The maximum absolute atomic E-state index is 12.9. The van der Waals surface area contributed by atoms with Crippen LogP contribution in [0.2, 0.25) is 0 Å². The first-order valence-corrected chi connectivity index (χ1v) is 10.4. The molecule has 28 heavy (non-hydrogen) atoms. The zero-order valence-electron chi connectivity index (χ0n) is 15.9. The molecule has 2 amide bonds. The Morgan fingerprint density at radius 1 is 1.18 bits per heavy atom. The Balaban J connectivity index is 1.56. The quantitative estimate of drug-likeness (QED) is 0.828. The fourth-order valence-electron chi connectivity index (χ4n) is 3.65. The Bertz CT molecular complexity index is 908. The Morgan fingerprint density at radius 3 is 2.71 bits per heavy atom. The number of nitrogens with one attached hydrogen (secondary N) is 2. The van der Waals surface area contributed by atoms with Gasteiger partial charge in [-0.15, -0.1) is 11.8 Å². The summed E-state index contributed by atoms with van der Waals surface area (Å²) in [7, 11) is 0. The van der Waals surface area contributed by atoms with Gasteiger partial charge >= 0.3 is 0 Å². The van der Waals surface area contributed by atoms with Gasteiger partial charge in [-0.25, -0.2) is 0 Å². The molecule has 4 rings (SSSR count). The smallest absolute Gasteiger partial charge is 0.255 e. The number of benzene rings is 2. The molecule has 2 heterocycles. The predicted molar refractivity (Wildman–Crippen MR) is 112 cm³/mol. The van der Waals surface area contributed by atoms with Crippen LogP contribution in [-0.4, -0.2) is 42.9 Å². The average Bonchev–Trinajstić information content (AvgIpc) is 2.67. The number of carbonyl (C=O) groups excluding carboxylic acids is 2. The van der Waals surface area contributed by atoms with Crippen molar-refractivity contribution in [3.05, 3.63) is 48.0 Å². The molecule has 0 spiro atoms. The first-order valence-electron chi connectivity index (χ1n) is 9.37. The van der Waals surface area contributed by atoms with E-state index < -0.39 is 0 Å². The van der Waals surface area contributed by atoms with E-state index in [-0.39, 0.29) is 24.0 Å². The first kappa shape index (κ1) is 18.8. The normalized spacial score (nSPS) is 21.6. The lowest BCUT2D eigenvalue weighted by Crippen LogP contribution is -2.45. The third-order valence-electron chi connectivity index (χ3n) is 4.79. The number of nitrogens with zero attached hydrogens (tertiary/aromatic N) is 1. The lowest BCUT2D eigenvalue weighted by atomic mass is 10.1. The number of hydrogen-bond donors (Lipinski definition) is 2. The van der Waals surface area contributed by atoms with Gasteiger partial charge in [0, 0.05) is 23.5 Å². The fourth-order valence-corrected chi connectivity index (χ4v) is 4.44. The summed E-state index contributed by atoms with van der Waals surface area (Å²) in [6.07, 6.45) is 0.267. The van der Waals surface area contributed by atoms with E-state index in [4.69, 9.17) is 4.74 Å². The minimum absolute atomic E-state index is 0.0454. The van der Waals surface area contributed by atoms with Crippen LogP contribution in [0, 0.1) is 0 Å². The largest absolute Gasteiger partial charge is 0.372 e. The number of anilines is 3. The van der Waals surface area contributed by atoms with E-state index in [1.165, 1.54) is 11.8 Å². The molecule has 2 N–H and O–H groups in total. The van der Waals surface area contributed by atoms with Crippen molar-refractivity contribution in [1.82, 2.24) is 0 Å². The SMILES string of the molecule is C[C@@H]1CN(c2ccccc2NC(=O)c2ccc3c(c2)NC(=O)CS3)C[C@H](C)O1. The number of carbonyl (C=O) groups is 2. The van der Waals surface area contributed by atoms with Crippen LogP contribution in [0.4, 0.5) is 17.1 Å². The molecule has 146 valence electrons. The second kappa shape index (κ2) is 7.85. The molecule has 2 aromatic rings. The van der Waals surface area contributed by atoms with Crippen molar-refractivity contribution in [3.8, 4) is 0 Å². The van der Waals surface area contributed by atoms with E-state index in [0.29, 0.717) is 17.0 Å². The molecule has 2 aliphatic rings. The minimum atomic E-state index is -0.200. The van der Waals surface area contributed by atoms with Crippen molar-refractivity contribution in [2.75, 3.05) is 34.4 Å². The van der Waals surface area contributed by atoms with Crippen LogP contribution >= 0.6 is 11.8 Å². The monoisotopic (exact) mass is 397 g/mol. The summed E-state index contributed by atoms with van der Waals surface area (Å²) >= 11 is 1.48. The zero-order chi connectivity index (χ0) is 19.7. The van der Waals surface area contributed by atoms with Gasteiger partial charge in [0.05, 0.1) is 35.0 Å². The van der Waals surface area contributed by atoms with Crippen molar-refractivity contribution in [2.45, 2.75) is 31.0 Å². The third-order valence-corrected chi connectivity index (χ3v) is 5.86. The van der Waals surface area contributed by atoms with Crippen molar-refractivity contribution < 1.29 is 14.3 Å². The highest BCUT2D eigenvalue weighted by molar-refractivity contribution is 8.00. The van der Waals surface area contributed by atoms with Crippen LogP contribution in [0.5, 0.6) is 0 Å². The zero-order valence-corrected chi connectivity index (χ0v) is 16.7. The molecular formula is C21H23N3O3S. The molecule has 0 aliphatic carbocycles. The molecule has 6 nitrogen and oxygen atoms in total. The molecule has 0 aromatic heterocycles. The number of fused-ring (bicyclic) bond motifs is 1. The van der Waals surface area contributed by atoms with E-state index in [9.17, 15) is 9.59 Å². The molecular weight excluding hydrogens is 374 g/mol. The van der Waals surface area contributed by atoms with Crippen molar-refractivity contribution in [2.24, 2.45) is 0 Å². The summed E-state index contributed by atoms with van der Waals surface area (Å²) in [5, 5.41) is 5.86. The van der Waals surface area contributed by atoms with Gasteiger partial charge < -0.3 is 20.3 Å². The number of ether oxygens (including phenoxy) is 1. The van der Waals surface area contributed by atoms with Gasteiger partial charge in [0.25, 0.3) is 5.91 Å². The van der Waals surface area contributed by atoms with Crippen LogP contribution in [0.15, 0.2) is 47.4 Å². The Morgan fingerprint density at radius 2 is 1.93 bits per heavy atom. The van der Waals surface area contributed by atoms with E-state index >= 15 is 0 Å². The van der Waals surface area contributed by atoms with E-state index in [2.05, 4.69) is 29.4 Å². The third kappa shape index (κ3) is 4.00. The van der Waals surface area contributed by atoms with Gasteiger partial charge in [-0.1, -0.05) is 12.1 Å². The molecule has 0 saturated carbocycles. The molecule has 2 aliphatic heterocycles. The molecule has 2 atom stereocenters. The summed E-state index contributed by atoms with van der Waals surface area (Å²) in [6, 6.07) is 13.2. The number of amides is 2. The van der Waals surface area contributed by atoms with Crippen molar-refractivity contribution in [3.63, 3.8) is 0 Å². The molecule has 1 fully saturated rings. The van der Waals surface area contributed by atoms with Crippen molar-refractivity contribution in [1.29, 1.82) is 0 Å². The number of morpholine rings is 1. The predicted octanol–water partition coefficient (Wildman–Crippen LogP) is 3.60. The maximum Gasteiger partial charge on any atom is 0.255 e. The van der Waals surface area contributed by atoms with Crippen LogP contribution in [0.3, 0.4) is 0 Å². The molecule has 7 heteroatoms. The number of rotatable bonds is 3. The van der Waals surface area contributed by atoms with E-state index in [1.54, 1.807) is 12.1 Å². The second-order valence-corrected chi connectivity index (χ2v) is 8.20. The highest BCUT2D eigenvalue weighted by Gasteiger charge is 2.24. The lowest BCUT2D eigenvalue weighted by Gasteiger charge is -2.37. The van der Waals surface area contributed by atoms with Gasteiger partial charge in [-0.3, -0.25) is 9.59 Å². The molecule has 0 bridgehead atoms. The number of hydrogen-bond acceptors (Lipinski definition) is 5. The Hall–Kier alpha value is -2.51. The van der Waals surface area contributed by atoms with Gasteiger partial charge in [-0.2, -0.15) is 0 Å². The average molecular weight is 398 g/mol. The highest BCUT2D eigenvalue weighted by atomic mass is 32.2. The Kier molecular flexibility index (Phi) is 5.28. The Labute approximate surface area is 168 Å². The van der Waals surface area contributed by atoms with Crippen LogP contribution < -0.4 is 15.5 Å². The number of thioether (sulfide) groups is 1. The maximum atomic E-state index is 12.9. The van der Waals surface area contributed by atoms with Crippen molar-refractivity contribution >= 4 is 40.6 Å². The molecule has 0 unspecified atom stereocenters. The lowest BCUT2D eigenvalue weighted by molar-refractivity contribution is -0.113. The summed E-state index contributed by atoms with van der Waals surface area (Å²) in [5.74, 6) is 0.160. The van der Waals surface area contributed by atoms with Gasteiger partial charge in [0.15, 0.2) is 0 Å². The van der Waals surface area contributed by atoms with Crippen LogP contribution in [-0.2, 0) is 9.53 Å². The molecule has 1 saturated heterocycles. The number of para-hydroxylation sites is 2. The highest BCUT2D eigenvalue weighted by Crippen LogP contribution is 2.33. The topological polar surface area (TPSA) is 70.7 Å². The summed E-state index contributed by atoms with van der Waals surface area (Å²) < 4.78 is 5.82. The summed E-state index contributed by atoms with van der Waals surface area (Å²) in [5.41, 5.74) is 2.96. The first-order chi connectivity index (χ1) is 13.5. The van der Waals surface area contributed by atoms with Gasteiger partial charge in [0.2, 0.25) is 5.91 Å². The molecule has 2 aromatic carbocycles. The standard InChI is InChI=1S/C21H23N3O3S/c1-13-10-24(11-14(2)27-13)18-6-4-3-5-16(18)23-21(26)15-7-8-19-17(9-15)22-20(25)12-28-19/h3-9,13-14H,10-12H2,1-2H3,(H,22,25)(H,23,26)/t13-,14+. The van der Waals surface area contributed by atoms with Gasteiger partial charge in [-0.05, 0) is 44.2 Å². The van der Waals surface area contributed by atoms with E-state index in [1.807, 2.05) is 30.3 Å². The second-order valence-electron chi connectivity index (χ2n) is 7.18. The molecule has 0 radical (unpaired) electrons. The fraction of sp³-hybridized carbons (Fsp3) is 0.333.